The fourth-order valence-electron chi connectivity index (χ4n) is 10.3. The van der Waals surface area contributed by atoms with Crippen LogP contribution in [0.25, 0.3) is 44.2 Å². The quantitative estimate of drug-likeness (QED) is 0.165. The van der Waals surface area contributed by atoms with Crippen molar-refractivity contribution in [2.45, 2.75) is 24.7 Å². The second-order valence-electron chi connectivity index (χ2n) is 16.0. The summed E-state index contributed by atoms with van der Waals surface area (Å²) >= 11 is 0. The Hall–Kier alpha value is -6.96. The van der Waals surface area contributed by atoms with Gasteiger partial charge in [-0.05, 0) is 102 Å². The zero-order chi connectivity index (χ0) is 38.1. The zero-order valence-corrected chi connectivity index (χ0v) is 32.2. The van der Waals surface area contributed by atoms with Crippen LogP contribution in [0.3, 0.4) is 0 Å². The average Bonchev–Trinajstić information content (AvgIpc) is 3.71. The van der Waals surface area contributed by atoms with Gasteiger partial charge in [-0.15, -0.1) is 0 Å². The molecule has 0 heterocycles. The minimum atomic E-state index is -0.512. The lowest BCUT2D eigenvalue weighted by Crippen LogP contribution is -2.28. The maximum absolute atomic E-state index is 2.53. The summed E-state index contributed by atoms with van der Waals surface area (Å²) in [6.45, 7) is 4.79. The van der Waals surface area contributed by atoms with E-state index in [1.54, 1.807) is 0 Å². The van der Waals surface area contributed by atoms with Gasteiger partial charge >= 0.3 is 0 Å². The Morgan fingerprint density at radius 2 is 0.912 bits per heavy atom. The van der Waals surface area contributed by atoms with Gasteiger partial charge in [-0.2, -0.15) is 0 Å². The Morgan fingerprint density at radius 3 is 1.63 bits per heavy atom. The Kier molecular flexibility index (Phi) is 7.50. The average molecular weight is 728 g/mol. The van der Waals surface area contributed by atoms with E-state index in [1.165, 1.54) is 83.2 Å². The lowest BCUT2D eigenvalue weighted by atomic mass is 9.67. The van der Waals surface area contributed by atoms with Gasteiger partial charge < -0.3 is 4.90 Å². The molecular formula is C56H41N. The molecule has 0 bridgehead atoms. The molecule has 11 rings (SSSR count). The highest BCUT2D eigenvalue weighted by molar-refractivity contribution is 6.06. The maximum atomic E-state index is 2.53. The molecule has 2 aliphatic carbocycles. The van der Waals surface area contributed by atoms with Crippen molar-refractivity contribution in [2.24, 2.45) is 0 Å². The van der Waals surface area contributed by atoms with Gasteiger partial charge in [0.1, 0.15) is 0 Å². The van der Waals surface area contributed by atoms with Gasteiger partial charge in [0, 0.05) is 22.4 Å². The molecule has 0 radical (unpaired) electrons. The summed E-state index contributed by atoms with van der Waals surface area (Å²) in [7, 11) is 0. The minimum Gasteiger partial charge on any atom is -0.310 e. The summed E-state index contributed by atoms with van der Waals surface area (Å²) in [5.41, 5.74) is 18.2. The van der Waals surface area contributed by atoms with Gasteiger partial charge in [-0.3, -0.25) is 0 Å². The molecule has 0 atom stereocenters. The Bertz CT molecular complexity index is 2950. The van der Waals surface area contributed by atoms with Crippen LogP contribution in [-0.4, -0.2) is 0 Å². The largest absolute Gasteiger partial charge is 0.310 e. The van der Waals surface area contributed by atoms with Gasteiger partial charge in [-0.25, -0.2) is 0 Å². The number of rotatable bonds is 6. The first kappa shape index (κ1) is 33.4. The summed E-state index contributed by atoms with van der Waals surface area (Å²) in [5.74, 6) is 0. The third-order valence-corrected chi connectivity index (χ3v) is 12.7. The van der Waals surface area contributed by atoms with E-state index < -0.39 is 5.41 Å². The summed E-state index contributed by atoms with van der Waals surface area (Å²) in [6.07, 6.45) is 0. The van der Waals surface area contributed by atoms with Crippen molar-refractivity contribution in [3.63, 3.8) is 0 Å². The van der Waals surface area contributed by atoms with Crippen molar-refractivity contribution in [1.82, 2.24) is 0 Å². The monoisotopic (exact) mass is 727 g/mol. The van der Waals surface area contributed by atoms with Gasteiger partial charge in [0.25, 0.3) is 0 Å². The SMILES string of the molecule is CC1(C)c2ccccc2-c2c(N(c3cccc(-c4ccccc4)c3)c3cccc(C4(c5ccccc5)c5ccccc5-c5ccccc54)c3)cc3ccccc3c21. The van der Waals surface area contributed by atoms with Crippen LogP contribution in [0.2, 0.25) is 0 Å². The molecule has 1 heteroatoms. The standard InChI is InChI=1S/C56H41N/c1-55(2)49-32-14-13-31-48(49)53-52(36-40-21-9-10-28-45(40)54(53)55)57(43-26-17-22-39(35-43)38-19-5-3-6-20-38)44-27-18-25-42(37-44)56(41-23-7-4-8-24-41)50-33-15-11-29-46(50)47-30-12-16-34-51(47)56/h3-37H,1-2H3. The van der Waals surface area contributed by atoms with Crippen LogP contribution in [0.15, 0.2) is 212 Å². The molecule has 0 N–H and O–H groups in total. The van der Waals surface area contributed by atoms with Crippen LogP contribution in [0.1, 0.15) is 47.2 Å². The smallest absolute Gasteiger partial charge is 0.0714 e. The topological polar surface area (TPSA) is 3.24 Å². The summed E-state index contributed by atoms with van der Waals surface area (Å²) in [6, 6.07) is 78.8. The van der Waals surface area contributed by atoms with E-state index in [4.69, 9.17) is 0 Å². The number of fused-ring (bicyclic) bond motifs is 8. The fourth-order valence-corrected chi connectivity index (χ4v) is 10.3. The highest BCUT2D eigenvalue weighted by atomic mass is 15.1. The molecule has 9 aromatic carbocycles. The first-order chi connectivity index (χ1) is 28.0. The molecule has 0 saturated carbocycles. The Balaban J connectivity index is 1.23. The van der Waals surface area contributed by atoms with Crippen LogP contribution < -0.4 is 4.90 Å². The lowest BCUT2D eigenvalue weighted by Gasteiger charge is -2.35. The van der Waals surface area contributed by atoms with Crippen molar-refractivity contribution >= 4 is 27.8 Å². The van der Waals surface area contributed by atoms with E-state index in [-0.39, 0.29) is 5.41 Å². The van der Waals surface area contributed by atoms with Crippen molar-refractivity contribution < 1.29 is 0 Å². The predicted octanol–water partition coefficient (Wildman–Crippen LogP) is 14.6. The first-order valence-corrected chi connectivity index (χ1v) is 20.0. The number of hydrogen-bond donors (Lipinski definition) is 0. The molecule has 0 amide bonds. The molecule has 0 unspecified atom stereocenters. The number of hydrogen-bond acceptors (Lipinski definition) is 1. The van der Waals surface area contributed by atoms with E-state index in [0.29, 0.717) is 0 Å². The van der Waals surface area contributed by atoms with Gasteiger partial charge in [0.05, 0.1) is 11.1 Å². The molecule has 0 aliphatic heterocycles. The van der Waals surface area contributed by atoms with Crippen molar-refractivity contribution in [3.05, 3.63) is 246 Å². The number of nitrogens with zero attached hydrogens (tertiary/aromatic N) is 1. The van der Waals surface area contributed by atoms with E-state index >= 15 is 0 Å². The van der Waals surface area contributed by atoms with Crippen LogP contribution in [0.4, 0.5) is 17.1 Å². The predicted molar refractivity (Wildman–Crippen MR) is 239 cm³/mol. The molecular weight excluding hydrogens is 687 g/mol. The van der Waals surface area contributed by atoms with Crippen molar-refractivity contribution in [1.29, 1.82) is 0 Å². The van der Waals surface area contributed by atoms with Crippen LogP contribution in [-0.2, 0) is 10.8 Å². The highest BCUT2D eigenvalue weighted by Gasteiger charge is 2.46. The first-order valence-electron chi connectivity index (χ1n) is 20.0. The normalized spacial score (nSPS) is 14.1. The van der Waals surface area contributed by atoms with E-state index in [9.17, 15) is 0 Å². The molecule has 2 aliphatic rings. The minimum absolute atomic E-state index is 0.185. The van der Waals surface area contributed by atoms with Crippen LogP contribution in [0, 0.1) is 0 Å². The van der Waals surface area contributed by atoms with Gasteiger partial charge in [0.15, 0.2) is 0 Å². The van der Waals surface area contributed by atoms with E-state index in [0.717, 1.165) is 11.4 Å². The molecule has 0 spiro atoms. The van der Waals surface area contributed by atoms with Gasteiger partial charge in [0.2, 0.25) is 0 Å². The molecule has 57 heavy (non-hydrogen) atoms. The summed E-state index contributed by atoms with van der Waals surface area (Å²) in [5, 5.41) is 2.55. The third-order valence-electron chi connectivity index (χ3n) is 12.7. The Labute approximate surface area is 335 Å². The molecule has 270 valence electrons. The van der Waals surface area contributed by atoms with Crippen LogP contribution >= 0.6 is 0 Å². The van der Waals surface area contributed by atoms with Crippen molar-refractivity contribution in [2.75, 3.05) is 4.90 Å². The molecule has 1 nitrogen and oxygen atoms in total. The lowest BCUT2D eigenvalue weighted by molar-refractivity contribution is 0.666. The highest BCUT2D eigenvalue weighted by Crippen LogP contribution is 2.59. The molecule has 0 fully saturated rings. The second kappa shape index (κ2) is 12.8. The van der Waals surface area contributed by atoms with Crippen LogP contribution in [0.5, 0.6) is 0 Å². The number of benzene rings is 9. The number of anilines is 3. The van der Waals surface area contributed by atoms with Gasteiger partial charge in [-0.1, -0.05) is 196 Å². The summed E-state index contributed by atoms with van der Waals surface area (Å²) < 4.78 is 0. The Morgan fingerprint density at radius 1 is 0.386 bits per heavy atom. The molecule has 0 aromatic heterocycles. The zero-order valence-electron chi connectivity index (χ0n) is 32.2. The maximum Gasteiger partial charge on any atom is 0.0714 e. The molecule has 0 saturated heterocycles. The molecule has 9 aromatic rings. The third kappa shape index (κ3) is 4.89. The fraction of sp³-hybridized carbons (Fsp3) is 0.0714. The van der Waals surface area contributed by atoms with E-state index in [1.807, 2.05) is 0 Å². The van der Waals surface area contributed by atoms with Crippen molar-refractivity contribution in [3.8, 4) is 33.4 Å². The van der Waals surface area contributed by atoms with E-state index in [2.05, 4.69) is 231 Å². The summed E-state index contributed by atoms with van der Waals surface area (Å²) in [4.78, 5) is 2.53. The second-order valence-corrected chi connectivity index (χ2v) is 16.0.